The lowest BCUT2D eigenvalue weighted by atomic mass is 10.0. The Balaban J connectivity index is 1.79. The summed E-state index contributed by atoms with van der Waals surface area (Å²) in [5.74, 6) is -0.223. The van der Waals surface area contributed by atoms with Crippen molar-refractivity contribution in [3.8, 4) is 0 Å². The highest BCUT2D eigenvalue weighted by molar-refractivity contribution is 7.13. The summed E-state index contributed by atoms with van der Waals surface area (Å²) in [6.45, 7) is 4.50. The molecule has 1 unspecified atom stereocenters. The fourth-order valence-corrected chi connectivity index (χ4v) is 3.41. The van der Waals surface area contributed by atoms with E-state index in [0.29, 0.717) is 23.7 Å². The number of aryl methyl sites for hydroxylation is 2. The number of thiazole rings is 1. The molecule has 23 heavy (non-hydrogen) atoms. The first-order valence-electron chi connectivity index (χ1n) is 7.65. The monoisotopic (exact) mass is 329 g/mol. The number of hydrogen-bond donors (Lipinski definition) is 1. The third-order valence-corrected chi connectivity index (χ3v) is 4.79. The highest BCUT2D eigenvalue weighted by atomic mass is 32.1. The maximum atomic E-state index is 12.9. The van der Waals surface area contributed by atoms with E-state index in [-0.39, 0.29) is 11.8 Å². The molecular formula is C17H19N3O2S. The van der Waals surface area contributed by atoms with Gasteiger partial charge in [0.25, 0.3) is 5.91 Å². The average molecular weight is 329 g/mol. The van der Waals surface area contributed by atoms with Crippen LogP contribution in [0.3, 0.4) is 0 Å². The minimum absolute atomic E-state index is 0.0667. The lowest BCUT2D eigenvalue weighted by molar-refractivity contribution is -0.119. The molecule has 2 amide bonds. The molecule has 5 nitrogen and oxygen atoms in total. The number of benzene rings is 1. The summed E-state index contributed by atoms with van der Waals surface area (Å²) in [5, 5.41) is 5.18. The molecule has 0 spiro atoms. The SMILES string of the molecule is Cc1ccc(C)c(C(=O)N2CCCC2C(=O)Nc2nccs2)c1. The van der Waals surface area contributed by atoms with Crippen LogP contribution in [-0.4, -0.2) is 34.3 Å². The van der Waals surface area contributed by atoms with Crippen LogP contribution in [-0.2, 0) is 4.79 Å². The summed E-state index contributed by atoms with van der Waals surface area (Å²) in [6, 6.07) is 5.41. The van der Waals surface area contributed by atoms with E-state index in [1.807, 2.05) is 37.4 Å². The standard InChI is InChI=1S/C17H19N3O2S/c1-11-5-6-12(2)13(10-11)16(22)20-8-3-4-14(20)15(21)19-17-18-7-9-23-17/h5-7,9-10,14H,3-4,8H2,1-2H3,(H,18,19,21). The van der Waals surface area contributed by atoms with Gasteiger partial charge in [-0.1, -0.05) is 17.7 Å². The molecule has 1 fully saturated rings. The molecule has 1 N–H and O–H groups in total. The van der Waals surface area contributed by atoms with Gasteiger partial charge in [-0.2, -0.15) is 0 Å². The zero-order valence-corrected chi connectivity index (χ0v) is 14.0. The number of carbonyl (C=O) groups excluding carboxylic acids is 2. The summed E-state index contributed by atoms with van der Waals surface area (Å²) in [6.07, 6.45) is 3.17. The van der Waals surface area contributed by atoms with Crippen molar-refractivity contribution in [2.24, 2.45) is 0 Å². The molecule has 1 aromatic heterocycles. The molecule has 0 bridgehead atoms. The van der Waals surface area contributed by atoms with Gasteiger partial charge in [-0.3, -0.25) is 9.59 Å². The van der Waals surface area contributed by atoms with Gasteiger partial charge < -0.3 is 10.2 Å². The van der Waals surface area contributed by atoms with Gasteiger partial charge in [-0.25, -0.2) is 4.98 Å². The summed E-state index contributed by atoms with van der Waals surface area (Å²) >= 11 is 1.37. The Kier molecular flexibility index (Phi) is 4.43. The average Bonchev–Trinajstić information content (AvgIpc) is 3.20. The Bertz CT molecular complexity index is 727. The molecule has 1 saturated heterocycles. The first-order chi connectivity index (χ1) is 11.1. The largest absolute Gasteiger partial charge is 0.327 e. The van der Waals surface area contributed by atoms with Crippen molar-refractivity contribution in [3.63, 3.8) is 0 Å². The molecule has 2 aromatic rings. The molecule has 3 rings (SSSR count). The van der Waals surface area contributed by atoms with Crippen molar-refractivity contribution in [1.29, 1.82) is 0 Å². The number of nitrogens with one attached hydrogen (secondary N) is 1. The number of amides is 2. The second kappa shape index (κ2) is 6.50. The topological polar surface area (TPSA) is 62.3 Å². The lowest BCUT2D eigenvalue weighted by Crippen LogP contribution is -2.43. The van der Waals surface area contributed by atoms with Gasteiger partial charge in [0.15, 0.2) is 5.13 Å². The first kappa shape index (κ1) is 15.7. The Hall–Kier alpha value is -2.21. The second-order valence-electron chi connectivity index (χ2n) is 5.80. The molecule has 0 saturated carbocycles. The lowest BCUT2D eigenvalue weighted by Gasteiger charge is -2.24. The van der Waals surface area contributed by atoms with E-state index in [4.69, 9.17) is 0 Å². The summed E-state index contributed by atoms with van der Waals surface area (Å²) in [5.41, 5.74) is 2.66. The van der Waals surface area contributed by atoms with E-state index in [9.17, 15) is 9.59 Å². The number of anilines is 1. The molecule has 1 atom stereocenters. The van der Waals surface area contributed by atoms with E-state index in [0.717, 1.165) is 17.5 Å². The van der Waals surface area contributed by atoms with Crippen LogP contribution in [0.25, 0.3) is 0 Å². The predicted molar refractivity (Wildman–Crippen MR) is 90.7 cm³/mol. The predicted octanol–water partition coefficient (Wildman–Crippen LogP) is 3.00. The number of rotatable bonds is 3. The molecular weight excluding hydrogens is 310 g/mol. The second-order valence-corrected chi connectivity index (χ2v) is 6.70. The van der Waals surface area contributed by atoms with Crippen LogP contribution in [0.4, 0.5) is 5.13 Å². The molecule has 120 valence electrons. The van der Waals surface area contributed by atoms with Crippen LogP contribution in [0.15, 0.2) is 29.8 Å². The van der Waals surface area contributed by atoms with Crippen molar-refractivity contribution < 1.29 is 9.59 Å². The van der Waals surface area contributed by atoms with Crippen molar-refractivity contribution in [2.45, 2.75) is 32.7 Å². The van der Waals surface area contributed by atoms with Gasteiger partial charge in [0.2, 0.25) is 5.91 Å². The molecule has 1 aliphatic heterocycles. The zero-order valence-electron chi connectivity index (χ0n) is 13.2. The maximum absolute atomic E-state index is 12.9. The van der Waals surface area contributed by atoms with Crippen LogP contribution in [0.1, 0.15) is 34.3 Å². The quantitative estimate of drug-likeness (QED) is 0.941. The molecule has 6 heteroatoms. The fraction of sp³-hybridized carbons (Fsp3) is 0.353. The van der Waals surface area contributed by atoms with Gasteiger partial charge in [0.1, 0.15) is 6.04 Å². The number of likely N-dealkylation sites (tertiary alicyclic amines) is 1. The molecule has 1 aromatic carbocycles. The summed E-state index contributed by atoms with van der Waals surface area (Å²) in [7, 11) is 0. The van der Waals surface area contributed by atoms with E-state index in [1.165, 1.54) is 11.3 Å². The van der Waals surface area contributed by atoms with Crippen LogP contribution in [0, 0.1) is 13.8 Å². The van der Waals surface area contributed by atoms with Crippen LogP contribution < -0.4 is 5.32 Å². The van der Waals surface area contributed by atoms with Crippen LogP contribution >= 0.6 is 11.3 Å². The normalized spacial score (nSPS) is 17.3. The Morgan fingerprint density at radius 1 is 1.35 bits per heavy atom. The van der Waals surface area contributed by atoms with Crippen molar-refractivity contribution >= 4 is 28.3 Å². The highest BCUT2D eigenvalue weighted by Crippen LogP contribution is 2.24. The minimum Gasteiger partial charge on any atom is -0.327 e. The molecule has 0 aliphatic carbocycles. The third kappa shape index (κ3) is 3.27. The van der Waals surface area contributed by atoms with E-state index < -0.39 is 6.04 Å². The Morgan fingerprint density at radius 2 is 2.17 bits per heavy atom. The highest BCUT2D eigenvalue weighted by Gasteiger charge is 2.35. The maximum Gasteiger partial charge on any atom is 0.254 e. The molecule has 2 heterocycles. The molecule has 0 radical (unpaired) electrons. The van der Waals surface area contributed by atoms with E-state index in [2.05, 4.69) is 10.3 Å². The zero-order chi connectivity index (χ0) is 16.4. The van der Waals surface area contributed by atoms with Gasteiger partial charge >= 0.3 is 0 Å². The first-order valence-corrected chi connectivity index (χ1v) is 8.53. The van der Waals surface area contributed by atoms with Crippen molar-refractivity contribution in [3.05, 3.63) is 46.5 Å². The fourth-order valence-electron chi connectivity index (χ4n) is 2.88. The minimum atomic E-state index is -0.425. The van der Waals surface area contributed by atoms with E-state index in [1.54, 1.807) is 11.1 Å². The number of aromatic nitrogens is 1. The number of carbonyl (C=O) groups is 2. The van der Waals surface area contributed by atoms with Crippen LogP contribution in [0.2, 0.25) is 0 Å². The number of nitrogens with zero attached hydrogens (tertiary/aromatic N) is 2. The van der Waals surface area contributed by atoms with Crippen molar-refractivity contribution in [2.75, 3.05) is 11.9 Å². The van der Waals surface area contributed by atoms with E-state index >= 15 is 0 Å². The van der Waals surface area contributed by atoms with Crippen LogP contribution in [0.5, 0.6) is 0 Å². The van der Waals surface area contributed by atoms with Gasteiger partial charge in [-0.05, 0) is 38.3 Å². The summed E-state index contributed by atoms with van der Waals surface area (Å²) in [4.78, 5) is 31.1. The Morgan fingerprint density at radius 3 is 2.91 bits per heavy atom. The summed E-state index contributed by atoms with van der Waals surface area (Å²) < 4.78 is 0. The molecule has 1 aliphatic rings. The Labute approximate surface area is 139 Å². The van der Waals surface area contributed by atoms with Crippen molar-refractivity contribution in [1.82, 2.24) is 9.88 Å². The number of hydrogen-bond acceptors (Lipinski definition) is 4. The van der Waals surface area contributed by atoms with Gasteiger partial charge in [0, 0.05) is 23.7 Å². The smallest absolute Gasteiger partial charge is 0.254 e. The third-order valence-electron chi connectivity index (χ3n) is 4.10. The van der Waals surface area contributed by atoms with Gasteiger partial charge in [0.05, 0.1) is 0 Å². The van der Waals surface area contributed by atoms with Gasteiger partial charge in [-0.15, -0.1) is 11.3 Å².